The molecule has 3 nitrogen and oxygen atoms in total. The molecule has 0 saturated heterocycles. The second-order valence-electron chi connectivity index (χ2n) is 4.35. The molecule has 0 saturated carbocycles. The summed E-state index contributed by atoms with van der Waals surface area (Å²) < 4.78 is 3.17. The predicted molar refractivity (Wildman–Crippen MR) is 80.1 cm³/mol. The van der Waals surface area contributed by atoms with E-state index in [1.807, 2.05) is 4.68 Å². The highest BCUT2D eigenvalue weighted by Gasteiger charge is 2.06. The maximum absolute atomic E-state index is 4.56. The van der Waals surface area contributed by atoms with Gasteiger partial charge in [0.1, 0.15) is 0 Å². The highest BCUT2D eigenvalue weighted by Crippen LogP contribution is 2.20. The van der Waals surface area contributed by atoms with Gasteiger partial charge in [0.25, 0.3) is 0 Å². The molecule has 0 bridgehead atoms. The third kappa shape index (κ3) is 3.67. The molecule has 2 aromatic heterocycles. The van der Waals surface area contributed by atoms with Gasteiger partial charge in [-0.1, -0.05) is 6.92 Å². The topological polar surface area (TPSA) is 29.9 Å². The average molecular weight is 328 g/mol. The number of hydrogen-bond donors (Lipinski definition) is 1. The van der Waals surface area contributed by atoms with Gasteiger partial charge >= 0.3 is 0 Å². The Morgan fingerprint density at radius 3 is 3.00 bits per heavy atom. The molecular weight excluding hydrogens is 310 g/mol. The van der Waals surface area contributed by atoms with E-state index in [1.165, 1.54) is 10.4 Å². The molecule has 0 atom stereocenters. The summed E-state index contributed by atoms with van der Waals surface area (Å²) in [5.74, 6) is 0. The van der Waals surface area contributed by atoms with Crippen LogP contribution in [0.3, 0.4) is 0 Å². The van der Waals surface area contributed by atoms with Crippen molar-refractivity contribution in [1.29, 1.82) is 0 Å². The van der Waals surface area contributed by atoms with Crippen molar-refractivity contribution in [3.05, 3.63) is 38.3 Å². The molecule has 2 aromatic rings. The van der Waals surface area contributed by atoms with Crippen LogP contribution in [-0.2, 0) is 13.1 Å². The fraction of sp³-hybridized carbons (Fsp3) is 0.462. The van der Waals surface area contributed by atoms with Gasteiger partial charge < -0.3 is 5.32 Å². The van der Waals surface area contributed by atoms with Crippen LogP contribution in [0.1, 0.15) is 29.5 Å². The molecule has 0 amide bonds. The van der Waals surface area contributed by atoms with E-state index < -0.39 is 0 Å². The molecule has 0 aliphatic heterocycles. The molecule has 1 N–H and O–H groups in total. The lowest BCUT2D eigenvalue weighted by atomic mass is 10.2. The Balaban J connectivity index is 1.99. The van der Waals surface area contributed by atoms with Gasteiger partial charge in [-0.05, 0) is 41.9 Å². The van der Waals surface area contributed by atoms with Gasteiger partial charge in [-0.25, -0.2) is 0 Å². The Kier molecular flexibility index (Phi) is 4.97. The van der Waals surface area contributed by atoms with Gasteiger partial charge in [-0.2, -0.15) is 5.10 Å². The molecule has 0 unspecified atom stereocenters. The summed E-state index contributed by atoms with van der Waals surface area (Å²) in [6, 6.07) is 2.15. The zero-order chi connectivity index (χ0) is 13.0. The first-order valence-corrected chi connectivity index (χ1v) is 7.83. The third-order valence-electron chi connectivity index (χ3n) is 2.73. The molecule has 0 spiro atoms. The van der Waals surface area contributed by atoms with Crippen molar-refractivity contribution < 1.29 is 0 Å². The van der Waals surface area contributed by atoms with E-state index in [0.717, 1.165) is 36.2 Å². The van der Waals surface area contributed by atoms with E-state index in [4.69, 9.17) is 0 Å². The molecule has 0 fully saturated rings. The Morgan fingerprint density at radius 2 is 2.33 bits per heavy atom. The number of aryl methyl sites for hydroxylation is 1. The molecule has 0 aliphatic rings. The Labute approximate surface area is 120 Å². The van der Waals surface area contributed by atoms with Gasteiger partial charge in [0, 0.05) is 33.0 Å². The van der Waals surface area contributed by atoms with Crippen LogP contribution in [0.5, 0.6) is 0 Å². The smallest absolute Gasteiger partial charge is 0.0752 e. The number of halogens is 1. The molecular formula is C13H18BrN3S. The lowest BCUT2D eigenvalue weighted by Gasteiger charge is -2.00. The van der Waals surface area contributed by atoms with E-state index in [-0.39, 0.29) is 0 Å². The fourth-order valence-corrected chi connectivity index (χ4v) is 3.25. The maximum Gasteiger partial charge on any atom is 0.0752 e. The summed E-state index contributed by atoms with van der Waals surface area (Å²) in [7, 11) is 0. The summed E-state index contributed by atoms with van der Waals surface area (Å²) in [6.45, 7) is 7.07. The van der Waals surface area contributed by atoms with Crippen LogP contribution in [0.4, 0.5) is 0 Å². The summed E-state index contributed by atoms with van der Waals surface area (Å²) in [5, 5.41) is 10.1. The Hall–Kier alpha value is -0.650. The lowest BCUT2D eigenvalue weighted by Crippen LogP contribution is -2.13. The van der Waals surface area contributed by atoms with Crippen molar-refractivity contribution in [3.63, 3.8) is 0 Å². The van der Waals surface area contributed by atoms with Crippen LogP contribution >= 0.6 is 27.3 Å². The van der Waals surface area contributed by atoms with Gasteiger partial charge in [0.2, 0.25) is 0 Å². The standard InChI is InChI=1S/C13H18BrN3S/c1-3-4-15-6-11-7-17(16-10(11)2)8-13-5-12(14)9-18-13/h5,7,9,15H,3-4,6,8H2,1-2H3. The number of thiophene rings is 1. The highest BCUT2D eigenvalue weighted by atomic mass is 79.9. The molecule has 0 radical (unpaired) electrons. The van der Waals surface area contributed by atoms with E-state index in [0.29, 0.717) is 0 Å². The molecule has 5 heteroatoms. The zero-order valence-electron chi connectivity index (χ0n) is 10.7. The minimum atomic E-state index is 0.852. The molecule has 0 aliphatic carbocycles. The summed E-state index contributed by atoms with van der Waals surface area (Å²) in [6.07, 6.45) is 3.31. The van der Waals surface area contributed by atoms with E-state index in [9.17, 15) is 0 Å². The largest absolute Gasteiger partial charge is 0.313 e. The summed E-state index contributed by atoms with van der Waals surface area (Å²) >= 11 is 5.24. The molecule has 2 rings (SSSR count). The van der Waals surface area contributed by atoms with Crippen molar-refractivity contribution >= 4 is 27.3 Å². The Morgan fingerprint density at radius 1 is 1.50 bits per heavy atom. The number of nitrogens with one attached hydrogen (secondary N) is 1. The molecule has 0 aromatic carbocycles. The van der Waals surface area contributed by atoms with Crippen molar-refractivity contribution in [3.8, 4) is 0 Å². The number of hydrogen-bond acceptors (Lipinski definition) is 3. The number of rotatable bonds is 6. The molecule has 98 valence electrons. The predicted octanol–water partition coefficient (Wildman–Crippen LogP) is 3.56. The first kappa shape index (κ1) is 13.8. The number of nitrogens with zero attached hydrogens (tertiary/aromatic N) is 2. The summed E-state index contributed by atoms with van der Waals surface area (Å²) in [4.78, 5) is 1.32. The van der Waals surface area contributed by atoms with E-state index in [2.05, 4.69) is 57.8 Å². The van der Waals surface area contributed by atoms with E-state index >= 15 is 0 Å². The number of aromatic nitrogens is 2. The van der Waals surface area contributed by atoms with Crippen LogP contribution in [0.25, 0.3) is 0 Å². The minimum Gasteiger partial charge on any atom is -0.313 e. The van der Waals surface area contributed by atoms with Crippen LogP contribution < -0.4 is 5.32 Å². The normalized spacial score (nSPS) is 11.1. The van der Waals surface area contributed by atoms with Crippen molar-refractivity contribution in [2.75, 3.05) is 6.54 Å². The molecule has 2 heterocycles. The zero-order valence-corrected chi connectivity index (χ0v) is 13.1. The van der Waals surface area contributed by atoms with Crippen molar-refractivity contribution in [2.24, 2.45) is 0 Å². The second kappa shape index (κ2) is 6.50. The monoisotopic (exact) mass is 327 g/mol. The second-order valence-corrected chi connectivity index (χ2v) is 6.26. The van der Waals surface area contributed by atoms with Crippen LogP contribution in [-0.4, -0.2) is 16.3 Å². The SMILES string of the molecule is CCCNCc1cn(Cc2cc(Br)cs2)nc1C. The third-order valence-corrected chi connectivity index (χ3v) is 4.41. The lowest BCUT2D eigenvalue weighted by molar-refractivity contribution is 0.670. The van der Waals surface area contributed by atoms with Crippen LogP contribution in [0.15, 0.2) is 22.1 Å². The van der Waals surface area contributed by atoms with Gasteiger partial charge in [-0.15, -0.1) is 11.3 Å². The first-order chi connectivity index (χ1) is 8.69. The first-order valence-electron chi connectivity index (χ1n) is 6.15. The summed E-state index contributed by atoms with van der Waals surface area (Å²) in [5.41, 5.74) is 2.41. The quantitative estimate of drug-likeness (QED) is 0.822. The van der Waals surface area contributed by atoms with Gasteiger partial charge in [0.15, 0.2) is 0 Å². The van der Waals surface area contributed by atoms with E-state index in [1.54, 1.807) is 11.3 Å². The van der Waals surface area contributed by atoms with Gasteiger partial charge in [-0.3, -0.25) is 4.68 Å². The maximum atomic E-state index is 4.56. The average Bonchev–Trinajstić information content (AvgIpc) is 2.87. The fourth-order valence-electron chi connectivity index (χ4n) is 1.81. The van der Waals surface area contributed by atoms with Crippen LogP contribution in [0.2, 0.25) is 0 Å². The van der Waals surface area contributed by atoms with Gasteiger partial charge in [0.05, 0.1) is 12.2 Å². The van der Waals surface area contributed by atoms with Crippen molar-refractivity contribution in [2.45, 2.75) is 33.4 Å². The minimum absolute atomic E-state index is 0.852. The Bertz CT molecular complexity index is 504. The van der Waals surface area contributed by atoms with Crippen LogP contribution in [0, 0.1) is 6.92 Å². The highest BCUT2D eigenvalue weighted by molar-refractivity contribution is 9.10. The molecule has 18 heavy (non-hydrogen) atoms. The van der Waals surface area contributed by atoms with Crippen molar-refractivity contribution in [1.82, 2.24) is 15.1 Å².